The second-order valence-electron chi connectivity index (χ2n) is 5.20. The average molecular weight is 351 g/mol. The third-order valence-corrected chi connectivity index (χ3v) is 5.12. The zero-order valence-corrected chi connectivity index (χ0v) is 14.9. The number of amides is 1. The molecule has 4 heteroatoms. The van der Waals surface area contributed by atoms with Gasteiger partial charge in [-0.2, -0.15) is 0 Å². The van der Waals surface area contributed by atoms with Gasteiger partial charge < -0.3 is 5.32 Å². The molecule has 0 saturated carbocycles. The molecule has 3 aromatic carbocycles. The number of benzene rings is 3. The summed E-state index contributed by atoms with van der Waals surface area (Å²) in [6.45, 7) is 1.53. The first kappa shape index (κ1) is 16.7. The lowest BCUT2D eigenvalue weighted by atomic mass is 10.3. The third kappa shape index (κ3) is 4.91. The summed E-state index contributed by atoms with van der Waals surface area (Å²) < 4.78 is 0. The van der Waals surface area contributed by atoms with E-state index in [1.54, 1.807) is 23.5 Å². The molecule has 3 aromatic rings. The SMILES string of the molecule is CC(=O)Nc1cc(Sc2ccccc2)cc(Sc2ccccc2)c1. The number of nitrogens with one attached hydrogen (secondary N) is 1. The molecule has 1 N–H and O–H groups in total. The highest BCUT2D eigenvalue weighted by Gasteiger charge is 2.06. The molecule has 120 valence electrons. The Hall–Kier alpha value is -2.17. The molecule has 0 aliphatic rings. The average Bonchev–Trinajstić information content (AvgIpc) is 2.56. The molecule has 0 aromatic heterocycles. The summed E-state index contributed by atoms with van der Waals surface area (Å²) in [7, 11) is 0. The van der Waals surface area contributed by atoms with E-state index in [1.807, 2.05) is 48.5 Å². The minimum atomic E-state index is -0.0625. The van der Waals surface area contributed by atoms with Gasteiger partial charge in [-0.15, -0.1) is 0 Å². The molecule has 0 bridgehead atoms. The highest BCUT2D eigenvalue weighted by atomic mass is 32.2. The van der Waals surface area contributed by atoms with Crippen molar-refractivity contribution in [3.8, 4) is 0 Å². The molecule has 1 amide bonds. The smallest absolute Gasteiger partial charge is 0.221 e. The van der Waals surface area contributed by atoms with Crippen LogP contribution in [0.5, 0.6) is 0 Å². The van der Waals surface area contributed by atoms with Gasteiger partial charge in [0.15, 0.2) is 0 Å². The standard InChI is InChI=1S/C20H17NOS2/c1-15(22)21-16-12-19(23-17-8-4-2-5-9-17)14-20(13-16)24-18-10-6-3-7-11-18/h2-14H,1H3,(H,21,22). The highest BCUT2D eigenvalue weighted by molar-refractivity contribution is 8.00. The third-order valence-electron chi connectivity index (χ3n) is 3.16. The van der Waals surface area contributed by atoms with Crippen molar-refractivity contribution in [2.45, 2.75) is 26.5 Å². The predicted molar refractivity (Wildman–Crippen MR) is 102 cm³/mol. The predicted octanol–water partition coefficient (Wildman–Crippen LogP) is 5.95. The highest BCUT2D eigenvalue weighted by Crippen LogP contribution is 2.36. The lowest BCUT2D eigenvalue weighted by molar-refractivity contribution is -0.114. The summed E-state index contributed by atoms with van der Waals surface area (Å²) in [5.41, 5.74) is 0.821. The van der Waals surface area contributed by atoms with Gasteiger partial charge in [-0.1, -0.05) is 59.9 Å². The summed E-state index contributed by atoms with van der Waals surface area (Å²) in [6.07, 6.45) is 0. The Morgan fingerprint density at radius 1 is 0.708 bits per heavy atom. The lowest BCUT2D eigenvalue weighted by Crippen LogP contribution is -2.05. The van der Waals surface area contributed by atoms with Crippen LogP contribution >= 0.6 is 23.5 Å². The molecule has 0 aliphatic heterocycles. The van der Waals surface area contributed by atoms with E-state index in [-0.39, 0.29) is 5.91 Å². The Kier molecular flexibility index (Phi) is 5.62. The van der Waals surface area contributed by atoms with Gasteiger partial charge in [0.2, 0.25) is 5.91 Å². The van der Waals surface area contributed by atoms with E-state index >= 15 is 0 Å². The number of hydrogen-bond donors (Lipinski definition) is 1. The largest absolute Gasteiger partial charge is 0.326 e. The maximum Gasteiger partial charge on any atom is 0.221 e. The van der Waals surface area contributed by atoms with Crippen molar-refractivity contribution < 1.29 is 4.79 Å². The van der Waals surface area contributed by atoms with Crippen LogP contribution in [0.1, 0.15) is 6.92 Å². The van der Waals surface area contributed by atoms with Crippen LogP contribution in [-0.2, 0) is 4.79 Å². The minimum Gasteiger partial charge on any atom is -0.326 e. The molecule has 0 atom stereocenters. The summed E-state index contributed by atoms with van der Waals surface area (Å²) in [6, 6.07) is 26.6. The molecular weight excluding hydrogens is 334 g/mol. The van der Waals surface area contributed by atoms with E-state index in [9.17, 15) is 4.79 Å². The lowest BCUT2D eigenvalue weighted by Gasteiger charge is -2.10. The van der Waals surface area contributed by atoms with E-state index in [0.29, 0.717) is 0 Å². The van der Waals surface area contributed by atoms with Crippen molar-refractivity contribution in [2.24, 2.45) is 0 Å². The van der Waals surface area contributed by atoms with Gasteiger partial charge in [-0.3, -0.25) is 4.79 Å². The van der Waals surface area contributed by atoms with E-state index in [4.69, 9.17) is 0 Å². The van der Waals surface area contributed by atoms with Crippen molar-refractivity contribution >= 4 is 35.1 Å². The molecule has 0 heterocycles. The van der Waals surface area contributed by atoms with Crippen molar-refractivity contribution in [3.63, 3.8) is 0 Å². The zero-order chi connectivity index (χ0) is 16.8. The summed E-state index contributed by atoms with van der Waals surface area (Å²) in [5.74, 6) is -0.0625. The van der Waals surface area contributed by atoms with Crippen LogP contribution in [0, 0.1) is 0 Å². The van der Waals surface area contributed by atoms with Crippen LogP contribution in [-0.4, -0.2) is 5.91 Å². The van der Waals surface area contributed by atoms with Gasteiger partial charge in [0.25, 0.3) is 0 Å². The monoisotopic (exact) mass is 351 g/mol. The first-order valence-corrected chi connectivity index (χ1v) is 9.21. The van der Waals surface area contributed by atoms with Crippen LogP contribution in [0.15, 0.2) is 98.4 Å². The number of hydrogen-bond acceptors (Lipinski definition) is 3. The van der Waals surface area contributed by atoms with Crippen LogP contribution in [0.2, 0.25) is 0 Å². The number of rotatable bonds is 5. The molecular formula is C20H17NOS2. The topological polar surface area (TPSA) is 29.1 Å². The molecule has 0 spiro atoms. The Morgan fingerprint density at radius 2 is 1.17 bits per heavy atom. The molecule has 0 radical (unpaired) electrons. The van der Waals surface area contributed by atoms with Crippen molar-refractivity contribution in [3.05, 3.63) is 78.9 Å². The first-order valence-electron chi connectivity index (χ1n) is 7.57. The van der Waals surface area contributed by atoms with Crippen LogP contribution < -0.4 is 5.32 Å². The molecule has 0 aliphatic carbocycles. The number of carbonyl (C=O) groups is 1. The molecule has 24 heavy (non-hydrogen) atoms. The van der Waals surface area contributed by atoms with Crippen molar-refractivity contribution in [1.29, 1.82) is 0 Å². The maximum atomic E-state index is 11.4. The molecule has 2 nitrogen and oxygen atoms in total. The number of anilines is 1. The van der Waals surface area contributed by atoms with Crippen LogP contribution in [0.25, 0.3) is 0 Å². The molecule has 0 saturated heterocycles. The van der Waals surface area contributed by atoms with E-state index in [2.05, 4.69) is 35.6 Å². The van der Waals surface area contributed by atoms with Gasteiger partial charge in [0, 0.05) is 32.2 Å². The van der Waals surface area contributed by atoms with Crippen LogP contribution in [0.3, 0.4) is 0 Å². The normalized spacial score (nSPS) is 10.4. The molecule has 3 rings (SSSR count). The number of carbonyl (C=O) groups excluding carboxylic acids is 1. The van der Waals surface area contributed by atoms with Gasteiger partial charge in [0.1, 0.15) is 0 Å². The van der Waals surface area contributed by atoms with E-state index in [0.717, 1.165) is 15.5 Å². The van der Waals surface area contributed by atoms with Gasteiger partial charge in [-0.05, 0) is 42.5 Å². The summed E-state index contributed by atoms with van der Waals surface area (Å²) >= 11 is 3.38. The summed E-state index contributed by atoms with van der Waals surface area (Å²) in [5, 5.41) is 2.89. The van der Waals surface area contributed by atoms with Gasteiger partial charge in [-0.25, -0.2) is 0 Å². The van der Waals surface area contributed by atoms with E-state index in [1.165, 1.54) is 16.7 Å². The van der Waals surface area contributed by atoms with Crippen molar-refractivity contribution in [2.75, 3.05) is 5.32 Å². The zero-order valence-electron chi connectivity index (χ0n) is 13.2. The fourth-order valence-electron chi connectivity index (χ4n) is 2.21. The van der Waals surface area contributed by atoms with Gasteiger partial charge >= 0.3 is 0 Å². The van der Waals surface area contributed by atoms with E-state index < -0.39 is 0 Å². The van der Waals surface area contributed by atoms with Crippen LogP contribution in [0.4, 0.5) is 5.69 Å². The molecule has 0 unspecified atom stereocenters. The Balaban J connectivity index is 1.89. The quantitative estimate of drug-likeness (QED) is 0.616. The Morgan fingerprint density at radius 3 is 1.58 bits per heavy atom. The maximum absolute atomic E-state index is 11.4. The second kappa shape index (κ2) is 8.08. The fourth-order valence-corrected chi connectivity index (χ4v) is 4.16. The second-order valence-corrected chi connectivity index (χ2v) is 7.50. The minimum absolute atomic E-state index is 0.0625. The fraction of sp³-hybridized carbons (Fsp3) is 0.0500. The Labute approximate surface area is 150 Å². The van der Waals surface area contributed by atoms with Gasteiger partial charge in [0.05, 0.1) is 0 Å². The molecule has 0 fully saturated rings. The summed E-state index contributed by atoms with van der Waals surface area (Å²) in [4.78, 5) is 16.0. The Bertz CT molecular complexity index is 760. The first-order chi connectivity index (χ1) is 11.7. The van der Waals surface area contributed by atoms with Crippen molar-refractivity contribution in [1.82, 2.24) is 0 Å².